The van der Waals surface area contributed by atoms with E-state index >= 15 is 0 Å². The van der Waals surface area contributed by atoms with E-state index in [2.05, 4.69) is 45.9 Å². The van der Waals surface area contributed by atoms with Crippen LogP contribution in [0, 0.1) is 0 Å². The highest BCUT2D eigenvalue weighted by Gasteiger charge is 2.43. The molecule has 0 bridgehead atoms. The highest BCUT2D eigenvalue weighted by atomic mass is 19.4. The molecule has 12 heteroatoms. The Morgan fingerprint density at radius 1 is 1.18 bits per heavy atom. The van der Waals surface area contributed by atoms with E-state index in [1.165, 1.54) is 10.9 Å². The minimum absolute atomic E-state index is 0.0213. The second-order valence-electron chi connectivity index (χ2n) is 9.24. The Morgan fingerprint density at radius 3 is 2.55 bits per heavy atom. The van der Waals surface area contributed by atoms with Crippen molar-refractivity contribution in [2.24, 2.45) is 0 Å². The van der Waals surface area contributed by atoms with Crippen LogP contribution < -0.4 is 15.4 Å². The SMILES string of the molecule is CCNC(=O)NCC1CCC2(COCCN(Cc3ccc(OC)c4ccccc34)C2)O1.O=C(O)C(F)(F)F. The van der Waals surface area contributed by atoms with E-state index in [1.54, 1.807) is 7.11 Å². The number of ether oxygens (including phenoxy) is 3. The van der Waals surface area contributed by atoms with E-state index in [1.807, 2.05) is 13.0 Å². The van der Waals surface area contributed by atoms with Gasteiger partial charge in [0.2, 0.25) is 0 Å². The van der Waals surface area contributed by atoms with Crippen LogP contribution in [0.25, 0.3) is 10.8 Å². The normalized spacial score (nSPS) is 21.9. The first kappa shape index (κ1) is 29.5. The third kappa shape index (κ3) is 7.95. The van der Waals surface area contributed by atoms with Gasteiger partial charge in [0.25, 0.3) is 0 Å². The second kappa shape index (κ2) is 13.1. The number of urea groups is 1. The molecule has 4 rings (SSSR count). The average Bonchev–Trinajstić information content (AvgIpc) is 3.17. The smallest absolute Gasteiger partial charge is 0.490 e. The van der Waals surface area contributed by atoms with Crippen molar-refractivity contribution in [2.45, 2.75) is 44.2 Å². The monoisotopic (exact) mass is 541 g/mol. The molecule has 0 saturated carbocycles. The van der Waals surface area contributed by atoms with Crippen molar-refractivity contribution in [3.05, 3.63) is 42.0 Å². The number of carboxylic acid groups (broad SMARTS) is 1. The first-order chi connectivity index (χ1) is 18.1. The molecule has 0 radical (unpaired) electrons. The number of methoxy groups -OCH3 is 1. The summed E-state index contributed by atoms with van der Waals surface area (Å²) in [6.45, 7) is 6.87. The number of amides is 2. The zero-order chi connectivity index (χ0) is 27.8. The largest absolute Gasteiger partial charge is 0.496 e. The fraction of sp³-hybridized carbons (Fsp3) is 0.538. The number of nitrogens with one attached hydrogen (secondary N) is 2. The Labute approximate surface area is 219 Å². The maximum Gasteiger partial charge on any atom is 0.490 e. The molecular formula is C26H34F3N3O6. The van der Waals surface area contributed by atoms with Gasteiger partial charge in [-0.2, -0.15) is 13.2 Å². The zero-order valence-corrected chi connectivity index (χ0v) is 21.5. The number of benzene rings is 2. The molecule has 2 unspecified atom stereocenters. The Bertz CT molecular complexity index is 1100. The van der Waals surface area contributed by atoms with E-state index in [0.717, 1.165) is 43.6 Å². The van der Waals surface area contributed by atoms with Gasteiger partial charge in [0.15, 0.2) is 0 Å². The molecule has 2 aliphatic heterocycles. The Morgan fingerprint density at radius 2 is 1.89 bits per heavy atom. The van der Waals surface area contributed by atoms with Crippen molar-refractivity contribution in [1.29, 1.82) is 0 Å². The first-order valence-corrected chi connectivity index (χ1v) is 12.4. The van der Waals surface area contributed by atoms with Crippen LogP contribution in [0.2, 0.25) is 0 Å². The summed E-state index contributed by atoms with van der Waals surface area (Å²) in [5, 5.41) is 15.1. The number of rotatable bonds is 6. The molecule has 2 aliphatic rings. The number of carbonyl (C=O) groups is 2. The molecule has 2 atom stereocenters. The third-order valence-electron chi connectivity index (χ3n) is 6.43. The van der Waals surface area contributed by atoms with Crippen LogP contribution >= 0.6 is 0 Å². The van der Waals surface area contributed by atoms with Gasteiger partial charge in [-0.15, -0.1) is 0 Å². The lowest BCUT2D eigenvalue weighted by Crippen LogP contribution is -2.46. The molecule has 3 N–H and O–H groups in total. The minimum Gasteiger partial charge on any atom is -0.496 e. The minimum atomic E-state index is -5.08. The van der Waals surface area contributed by atoms with Gasteiger partial charge < -0.3 is 30.0 Å². The predicted octanol–water partition coefficient (Wildman–Crippen LogP) is 3.55. The van der Waals surface area contributed by atoms with Crippen molar-refractivity contribution in [3.63, 3.8) is 0 Å². The molecule has 2 heterocycles. The second-order valence-corrected chi connectivity index (χ2v) is 9.24. The molecule has 2 saturated heterocycles. The van der Waals surface area contributed by atoms with Crippen molar-refractivity contribution in [2.75, 3.05) is 46.5 Å². The highest BCUT2D eigenvalue weighted by molar-refractivity contribution is 5.91. The van der Waals surface area contributed by atoms with Crippen LogP contribution in [0.3, 0.4) is 0 Å². The van der Waals surface area contributed by atoms with Gasteiger partial charge >= 0.3 is 18.2 Å². The maximum absolute atomic E-state index is 11.7. The van der Waals surface area contributed by atoms with E-state index in [4.69, 9.17) is 24.1 Å². The molecular weight excluding hydrogens is 507 g/mol. The maximum atomic E-state index is 11.7. The number of hydrogen-bond donors (Lipinski definition) is 3. The Kier molecular flexibility index (Phi) is 10.2. The number of hydrogen-bond acceptors (Lipinski definition) is 6. The summed E-state index contributed by atoms with van der Waals surface area (Å²) >= 11 is 0. The van der Waals surface area contributed by atoms with E-state index in [9.17, 15) is 18.0 Å². The number of alkyl halides is 3. The fourth-order valence-electron chi connectivity index (χ4n) is 4.70. The van der Waals surface area contributed by atoms with Crippen molar-refractivity contribution in [3.8, 4) is 5.75 Å². The first-order valence-electron chi connectivity index (χ1n) is 12.4. The van der Waals surface area contributed by atoms with E-state index in [-0.39, 0.29) is 17.7 Å². The van der Waals surface area contributed by atoms with E-state index < -0.39 is 12.1 Å². The van der Waals surface area contributed by atoms with Crippen LogP contribution in [-0.4, -0.2) is 86.4 Å². The van der Waals surface area contributed by atoms with Crippen molar-refractivity contribution < 1.29 is 42.1 Å². The molecule has 1 spiro atoms. The summed E-state index contributed by atoms with van der Waals surface area (Å²) in [5.74, 6) is -1.86. The molecule has 2 aromatic carbocycles. The molecule has 2 fully saturated rings. The number of nitrogens with zero attached hydrogens (tertiary/aromatic N) is 1. The third-order valence-corrected chi connectivity index (χ3v) is 6.43. The summed E-state index contributed by atoms with van der Waals surface area (Å²) in [7, 11) is 1.71. The molecule has 210 valence electrons. The number of halogens is 3. The topological polar surface area (TPSA) is 109 Å². The molecule has 9 nitrogen and oxygen atoms in total. The molecule has 0 aromatic heterocycles. The molecule has 2 aromatic rings. The van der Waals surface area contributed by atoms with Gasteiger partial charge in [-0.1, -0.05) is 30.3 Å². The standard InChI is InChI=1S/C24H33N3O4.C2HF3O2/c1-3-25-23(28)26-14-19-10-11-24(31-19)16-27(12-13-30-17-24)15-18-8-9-22(29-2)21-7-5-4-6-20(18)21;3-2(4,5)1(6)7/h4-9,19H,3,10-17H2,1-2H3,(H2,25,26,28);(H,6,7). The predicted molar refractivity (Wildman–Crippen MR) is 134 cm³/mol. The van der Waals surface area contributed by atoms with Gasteiger partial charge in [0, 0.05) is 38.1 Å². The van der Waals surface area contributed by atoms with Crippen molar-refractivity contribution in [1.82, 2.24) is 15.5 Å². The van der Waals surface area contributed by atoms with Crippen LogP contribution in [0.15, 0.2) is 36.4 Å². The quantitative estimate of drug-likeness (QED) is 0.513. The highest BCUT2D eigenvalue weighted by Crippen LogP contribution is 2.34. The number of carbonyl (C=O) groups excluding carboxylic acids is 1. The number of carboxylic acids is 1. The van der Waals surface area contributed by atoms with Gasteiger partial charge in [-0.3, -0.25) is 4.90 Å². The Balaban J connectivity index is 0.000000505. The summed E-state index contributed by atoms with van der Waals surface area (Å²) < 4.78 is 49.7. The molecule has 38 heavy (non-hydrogen) atoms. The molecule has 2 amide bonds. The zero-order valence-electron chi connectivity index (χ0n) is 21.5. The Hall–Kier alpha value is -3.09. The van der Waals surface area contributed by atoms with Gasteiger partial charge in [0.1, 0.15) is 11.4 Å². The van der Waals surface area contributed by atoms with Crippen LogP contribution in [0.4, 0.5) is 18.0 Å². The number of fused-ring (bicyclic) bond motifs is 1. The van der Waals surface area contributed by atoms with Gasteiger partial charge in [-0.25, -0.2) is 9.59 Å². The van der Waals surface area contributed by atoms with Gasteiger partial charge in [-0.05, 0) is 36.8 Å². The fourth-order valence-corrected chi connectivity index (χ4v) is 4.70. The number of aliphatic carboxylic acids is 1. The summed E-state index contributed by atoms with van der Waals surface area (Å²) in [5.41, 5.74) is 0.965. The van der Waals surface area contributed by atoms with Crippen LogP contribution in [0.1, 0.15) is 25.3 Å². The van der Waals surface area contributed by atoms with Crippen LogP contribution in [0.5, 0.6) is 5.75 Å². The lowest BCUT2D eigenvalue weighted by Gasteiger charge is -2.32. The lowest BCUT2D eigenvalue weighted by molar-refractivity contribution is -0.192. The summed E-state index contributed by atoms with van der Waals surface area (Å²) in [4.78, 5) is 23.0. The average molecular weight is 542 g/mol. The summed E-state index contributed by atoms with van der Waals surface area (Å²) in [6, 6.07) is 12.5. The van der Waals surface area contributed by atoms with Crippen LogP contribution in [-0.2, 0) is 20.8 Å². The lowest BCUT2D eigenvalue weighted by atomic mass is 9.99. The molecule has 0 aliphatic carbocycles. The van der Waals surface area contributed by atoms with Crippen molar-refractivity contribution >= 4 is 22.8 Å². The van der Waals surface area contributed by atoms with Gasteiger partial charge in [0.05, 0.1) is 26.4 Å². The van der Waals surface area contributed by atoms with E-state index in [0.29, 0.717) is 26.3 Å². The summed E-state index contributed by atoms with van der Waals surface area (Å²) in [6.07, 6.45) is -3.20.